The van der Waals surface area contributed by atoms with Gasteiger partial charge < -0.3 is 28.4 Å². The third-order valence-electron chi connectivity index (χ3n) is 6.04. The van der Waals surface area contributed by atoms with Gasteiger partial charge in [-0.05, 0) is 48.5 Å². The van der Waals surface area contributed by atoms with Gasteiger partial charge in [0.15, 0.2) is 11.7 Å². The Morgan fingerprint density at radius 1 is 1.02 bits per heavy atom. The minimum Gasteiger partial charge on any atom is -0.497 e. The number of aromatic nitrogens is 2. The molecule has 2 heterocycles. The molecule has 1 fully saturated rings. The third kappa shape index (κ3) is 6.28. The van der Waals surface area contributed by atoms with Crippen molar-refractivity contribution in [2.45, 2.75) is 30.3 Å². The van der Waals surface area contributed by atoms with Gasteiger partial charge in [-0.2, -0.15) is 8.78 Å². The lowest BCUT2D eigenvalue weighted by Gasteiger charge is -2.32. The number of hydrogen-bond acceptors (Lipinski definition) is 10. The number of hydrogen-bond donors (Lipinski definition) is 2. The van der Waals surface area contributed by atoms with Crippen molar-refractivity contribution in [3.63, 3.8) is 0 Å². The molecule has 42 heavy (non-hydrogen) atoms. The lowest BCUT2D eigenvalue weighted by Crippen LogP contribution is -2.54. The van der Waals surface area contributed by atoms with Crippen LogP contribution in [-0.2, 0) is 21.1 Å². The van der Waals surface area contributed by atoms with E-state index in [1.54, 1.807) is 4.98 Å². The van der Waals surface area contributed by atoms with Gasteiger partial charge >= 0.3 is 18.3 Å². The van der Waals surface area contributed by atoms with Gasteiger partial charge in [-0.25, -0.2) is 13.6 Å². The van der Waals surface area contributed by atoms with E-state index in [1.807, 2.05) is 0 Å². The maximum absolute atomic E-state index is 15.3. The predicted octanol–water partition coefficient (Wildman–Crippen LogP) is 4.14. The zero-order valence-corrected chi connectivity index (χ0v) is 24.0. The molecule has 1 unspecified atom stereocenters. The summed E-state index contributed by atoms with van der Waals surface area (Å²) in [6.07, 6.45) is -9.41. The Balaban J connectivity index is 1.69. The van der Waals surface area contributed by atoms with Crippen LogP contribution in [0.1, 0.15) is 6.23 Å². The summed E-state index contributed by atoms with van der Waals surface area (Å²) in [7, 11) is 2.84. The maximum Gasteiger partial charge on any atom is 0.435 e. The minimum absolute atomic E-state index is 0.0456. The normalized spacial score (nSPS) is 21.7. The summed E-state index contributed by atoms with van der Waals surface area (Å²) in [5.74, 6) is -3.54. The van der Waals surface area contributed by atoms with Gasteiger partial charge in [0, 0.05) is 18.0 Å². The van der Waals surface area contributed by atoms with Crippen LogP contribution in [-0.4, -0.2) is 59.5 Å². The number of ether oxygens (including phenoxy) is 3. The van der Waals surface area contributed by atoms with Gasteiger partial charge in [0.2, 0.25) is 6.23 Å². The van der Waals surface area contributed by atoms with Crippen LogP contribution < -0.4 is 29.8 Å². The molecule has 4 rings (SSSR count). The highest BCUT2D eigenvalue weighted by Gasteiger charge is 2.71. The molecular weight excluding hydrogens is 635 g/mol. The average molecular weight is 657 g/mol. The first-order chi connectivity index (χ1) is 19.7. The Hall–Kier alpha value is -3.14. The fourth-order valence-electron chi connectivity index (χ4n) is 3.82. The molecule has 1 aliphatic rings. The number of rotatable bonds is 11. The topological polar surface area (TPSA) is 130 Å². The van der Waals surface area contributed by atoms with Crippen molar-refractivity contribution in [3.05, 3.63) is 80.6 Å². The quantitative estimate of drug-likeness (QED) is 0.230. The molecule has 1 saturated heterocycles. The molecule has 11 nitrogen and oxygen atoms in total. The maximum atomic E-state index is 15.3. The van der Waals surface area contributed by atoms with Crippen molar-refractivity contribution in [2.24, 2.45) is 0 Å². The molecule has 0 bridgehead atoms. The van der Waals surface area contributed by atoms with E-state index in [0.29, 0.717) is 17.7 Å². The average Bonchev–Trinajstić information content (AvgIpc) is 3.16. The molecular formula is C24H22ClF4N2O9PS. The molecule has 2 aromatic carbocycles. The molecule has 2 N–H and O–H groups in total. The van der Waals surface area contributed by atoms with Crippen LogP contribution in [0.5, 0.6) is 23.0 Å². The molecule has 0 aliphatic carbocycles. The van der Waals surface area contributed by atoms with Crippen molar-refractivity contribution in [1.29, 1.82) is 0 Å². The molecule has 3 aromatic rings. The van der Waals surface area contributed by atoms with E-state index in [0.717, 1.165) is 0 Å². The van der Waals surface area contributed by atoms with Gasteiger partial charge in [0.25, 0.3) is 12.0 Å². The van der Waals surface area contributed by atoms with Crippen molar-refractivity contribution in [1.82, 2.24) is 9.55 Å². The SMILES string of the molecule is COc1ccc(OP(=S)(OC[C@]2(C(F)F)O[C@H](n3cc(Cl)c(=O)[nH]c3=O)C(F)(F)C2O)Oc2ccc(OC)cc2)cc1. The Labute approximate surface area is 244 Å². The van der Waals surface area contributed by atoms with E-state index in [1.165, 1.54) is 62.8 Å². The van der Waals surface area contributed by atoms with E-state index in [4.69, 9.17) is 51.2 Å². The van der Waals surface area contributed by atoms with Crippen molar-refractivity contribution >= 4 is 30.1 Å². The highest BCUT2D eigenvalue weighted by Crippen LogP contribution is 2.55. The second kappa shape index (κ2) is 12.2. The molecule has 1 aliphatic heterocycles. The number of nitrogens with one attached hydrogen (secondary N) is 1. The molecule has 3 atom stereocenters. The first kappa shape index (κ1) is 31.8. The van der Waals surface area contributed by atoms with Crippen molar-refractivity contribution in [3.8, 4) is 23.0 Å². The lowest BCUT2D eigenvalue weighted by molar-refractivity contribution is -0.192. The van der Waals surface area contributed by atoms with Crippen LogP contribution in [0.25, 0.3) is 0 Å². The van der Waals surface area contributed by atoms with Crippen molar-refractivity contribution < 1.29 is 50.5 Å². The van der Waals surface area contributed by atoms with Gasteiger partial charge in [-0.1, -0.05) is 11.6 Å². The number of nitrogens with zero attached hydrogens (tertiary/aromatic N) is 1. The monoisotopic (exact) mass is 656 g/mol. The van der Waals surface area contributed by atoms with Gasteiger partial charge in [0.05, 0.1) is 20.8 Å². The Morgan fingerprint density at radius 2 is 1.50 bits per heavy atom. The van der Waals surface area contributed by atoms with E-state index >= 15 is 8.78 Å². The number of methoxy groups -OCH3 is 2. The summed E-state index contributed by atoms with van der Waals surface area (Å²) >= 11 is 11.1. The number of benzene rings is 2. The summed E-state index contributed by atoms with van der Waals surface area (Å²) < 4.78 is 91.6. The third-order valence-corrected chi connectivity index (χ3v) is 8.38. The van der Waals surface area contributed by atoms with Gasteiger partial charge in [0.1, 0.15) is 28.0 Å². The van der Waals surface area contributed by atoms with Gasteiger partial charge in [-0.3, -0.25) is 18.9 Å². The predicted molar refractivity (Wildman–Crippen MR) is 144 cm³/mol. The number of H-pyrrole nitrogens is 1. The largest absolute Gasteiger partial charge is 0.497 e. The molecule has 0 saturated carbocycles. The first-order valence-electron chi connectivity index (χ1n) is 11.7. The van der Waals surface area contributed by atoms with E-state index < -0.39 is 59.9 Å². The van der Waals surface area contributed by atoms with Crippen LogP contribution in [0.15, 0.2) is 64.3 Å². The van der Waals surface area contributed by atoms with Crippen LogP contribution >= 0.6 is 18.3 Å². The number of aliphatic hydroxyl groups is 1. The highest BCUT2D eigenvalue weighted by atomic mass is 35.5. The second-order valence-electron chi connectivity index (χ2n) is 8.70. The summed E-state index contributed by atoms with van der Waals surface area (Å²) in [4.78, 5) is 25.5. The smallest absolute Gasteiger partial charge is 0.435 e. The van der Waals surface area contributed by atoms with E-state index in [-0.39, 0.29) is 16.1 Å². The fraction of sp³-hybridized carbons (Fsp3) is 0.333. The first-order valence-corrected chi connectivity index (χ1v) is 14.6. The van der Waals surface area contributed by atoms with E-state index in [2.05, 4.69) is 0 Å². The van der Waals surface area contributed by atoms with Crippen LogP contribution in [0, 0.1) is 0 Å². The molecule has 0 amide bonds. The number of alkyl halides is 4. The van der Waals surface area contributed by atoms with Crippen LogP contribution in [0.3, 0.4) is 0 Å². The number of aliphatic hydroxyl groups excluding tert-OH is 1. The molecule has 1 aromatic heterocycles. The molecule has 0 radical (unpaired) electrons. The molecule has 0 spiro atoms. The minimum atomic E-state index is -4.51. The zero-order valence-electron chi connectivity index (χ0n) is 21.5. The second-order valence-corrected chi connectivity index (χ2v) is 12.0. The highest BCUT2D eigenvalue weighted by molar-refractivity contribution is 8.07. The van der Waals surface area contributed by atoms with Crippen LogP contribution in [0.4, 0.5) is 17.6 Å². The summed E-state index contributed by atoms with van der Waals surface area (Å²) in [6, 6.07) is 11.6. The number of aromatic amines is 1. The van der Waals surface area contributed by atoms with E-state index in [9.17, 15) is 23.5 Å². The lowest BCUT2D eigenvalue weighted by atomic mass is 9.96. The molecule has 18 heteroatoms. The van der Waals surface area contributed by atoms with Gasteiger partial charge in [-0.15, -0.1) is 0 Å². The summed E-state index contributed by atoms with van der Waals surface area (Å²) in [5, 5.41) is 9.77. The van der Waals surface area contributed by atoms with Crippen LogP contribution in [0.2, 0.25) is 5.02 Å². The fourth-order valence-corrected chi connectivity index (χ4v) is 5.91. The van der Waals surface area contributed by atoms with Crippen molar-refractivity contribution in [2.75, 3.05) is 20.8 Å². The Bertz CT molecular complexity index is 1520. The Kier molecular flexibility index (Phi) is 9.25. The summed E-state index contributed by atoms with van der Waals surface area (Å²) in [6.45, 7) is -5.66. The standard InChI is InChI=1S/C24H22ClF4N2O9PS/c1-35-13-3-7-15(8-4-13)39-41(42,40-16-9-5-14(36-2)6-10-16)37-12-23(20(26)27)19(33)24(28,29)21(38-23)31-11-17(25)18(32)30-22(31)34/h3-11,19-21,33H,12H2,1-2H3,(H,30,32,34)/t19?,21-,23-/m0/s1. The zero-order chi connectivity index (χ0) is 30.9. The Morgan fingerprint density at radius 3 is 1.95 bits per heavy atom. The summed E-state index contributed by atoms with van der Waals surface area (Å²) in [5.41, 5.74) is -6.02. The number of halogens is 5. The molecule has 228 valence electrons.